The third-order valence-electron chi connectivity index (χ3n) is 3.94. The Kier molecular flexibility index (Phi) is 5.39. The average Bonchev–Trinajstić information content (AvgIpc) is 2.74. The maximum absolute atomic E-state index is 12.7. The highest BCUT2D eigenvalue weighted by Gasteiger charge is 2.23. The largest absolute Gasteiger partial charge is 0.341 e. The molecule has 1 aromatic carbocycles. The molecule has 1 aliphatic heterocycles. The van der Waals surface area contributed by atoms with Crippen LogP contribution in [0.3, 0.4) is 0 Å². The molecule has 0 N–H and O–H groups in total. The zero-order valence-corrected chi connectivity index (χ0v) is 14.1. The van der Waals surface area contributed by atoms with E-state index >= 15 is 0 Å². The molecule has 0 spiro atoms. The van der Waals surface area contributed by atoms with Crippen molar-refractivity contribution < 1.29 is 9.59 Å². The molecule has 0 aromatic heterocycles. The number of halogens is 1. The van der Waals surface area contributed by atoms with Gasteiger partial charge in [0.2, 0.25) is 5.91 Å². The zero-order chi connectivity index (χ0) is 15.4. The van der Waals surface area contributed by atoms with Gasteiger partial charge in [0.1, 0.15) is 0 Å². The fourth-order valence-corrected chi connectivity index (χ4v) is 2.97. The first-order chi connectivity index (χ1) is 10.0. The van der Waals surface area contributed by atoms with Gasteiger partial charge in [-0.05, 0) is 31.0 Å². The van der Waals surface area contributed by atoms with Gasteiger partial charge in [-0.2, -0.15) is 0 Å². The molecular formula is C16H21BrN2O2. The topological polar surface area (TPSA) is 40.6 Å². The Hall–Kier alpha value is -1.36. The Morgan fingerprint density at radius 1 is 1.14 bits per heavy atom. The Bertz CT molecular complexity index is 545. The van der Waals surface area contributed by atoms with E-state index < -0.39 is 0 Å². The molecule has 0 saturated carbocycles. The van der Waals surface area contributed by atoms with Crippen LogP contribution in [0.5, 0.6) is 0 Å². The smallest absolute Gasteiger partial charge is 0.254 e. The normalized spacial score (nSPS) is 15.8. The molecule has 0 atom stereocenters. The van der Waals surface area contributed by atoms with Crippen LogP contribution in [0.1, 0.15) is 35.7 Å². The Labute approximate surface area is 134 Å². The molecule has 5 heteroatoms. The van der Waals surface area contributed by atoms with E-state index in [1.165, 1.54) is 0 Å². The number of hydrogen-bond acceptors (Lipinski definition) is 2. The van der Waals surface area contributed by atoms with E-state index in [0.29, 0.717) is 26.1 Å². The van der Waals surface area contributed by atoms with Crippen molar-refractivity contribution >= 4 is 27.7 Å². The van der Waals surface area contributed by atoms with E-state index in [1.807, 2.05) is 41.8 Å². The lowest BCUT2D eigenvalue weighted by Crippen LogP contribution is -2.37. The monoisotopic (exact) mass is 352 g/mol. The minimum atomic E-state index is 0.0552. The number of hydrogen-bond donors (Lipinski definition) is 0. The van der Waals surface area contributed by atoms with Crippen LogP contribution in [-0.2, 0) is 4.79 Å². The lowest BCUT2D eigenvalue weighted by molar-refractivity contribution is -0.130. The third-order valence-corrected chi connectivity index (χ3v) is 4.80. The molecular weight excluding hydrogens is 332 g/mol. The highest BCUT2D eigenvalue weighted by molar-refractivity contribution is 9.10. The lowest BCUT2D eigenvalue weighted by atomic mass is 10.1. The standard InChI is InChI=1S/C16H21BrN2O2/c1-3-15(20)18-8-5-9-19(11-10-18)16(21)13-6-4-7-14(17)12(13)2/h4,6-7H,3,5,8-11H2,1-2H3. The van der Waals surface area contributed by atoms with Crippen LogP contribution in [-0.4, -0.2) is 47.8 Å². The molecule has 1 aliphatic rings. The molecule has 4 nitrogen and oxygen atoms in total. The Morgan fingerprint density at radius 2 is 1.81 bits per heavy atom. The van der Waals surface area contributed by atoms with Crippen molar-refractivity contribution in [3.8, 4) is 0 Å². The predicted molar refractivity (Wildman–Crippen MR) is 86.3 cm³/mol. The third kappa shape index (κ3) is 3.64. The van der Waals surface area contributed by atoms with Crippen molar-refractivity contribution in [2.24, 2.45) is 0 Å². The summed E-state index contributed by atoms with van der Waals surface area (Å²) in [6.07, 6.45) is 1.36. The van der Waals surface area contributed by atoms with Crippen molar-refractivity contribution in [2.75, 3.05) is 26.2 Å². The van der Waals surface area contributed by atoms with Crippen molar-refractivity contribution in [3.63, 3.8) is 0 Å². The zero-order valence-electron chi connectivity index (χ0n) is 12.6. The van der Waals surface area contributed by atoms with Gasteiger partial charge in [0, 0.05) is 42.6 Å². The second-order valence-corrected chi connectivity index (χ2v) is 6.15. The summed E-state index contributed by atoms with van der Waals surface area (Å²) >= 11 is 3.47. The second kappa shape index (κ2) is 7.07. The van der Waals surface area contributed by atoms with Gasteiger partial charge >= 0.3 is 0 Å². The van der Waals surface area contributed by atoms with Gasteiger partial charge in [-0.3, -0.25) is 9.59 Å². The van der Waals surface area contributed by atoms with E-state index in [4.69, 9.17) is 0 Å². The highest BCUT2D eigenvalue weighted by Crippen LogP contribution is 2.21. The molecule has 1 fully saturated rings. The number of nitrogens with zero attached hydrogens (tertiary/aromatic N) is 2. The summed E-state index contributed by atoms with van der Waals surface area (Å²) < 4.78 is 0.950. The molecule has 0 unspecified atom stereocenters. The van der Waals surface area contributed by atoms with Gasteiger partial charge in [-0.15, -0.1) is 0 Å². The molecule has 114 valence electrons. The Balaban J connectivity index is 2.10. The summed E-state index contributed by atoms with van der Waals surface area (Å²) in [5.74, 6) is 0.225. The molecule has 21 heavy (non-hydrogen) atoms. The summed E-state index contributed by atoms with van der Waals surface area (Å²) in [6.45, 7) is 6.51. The molecule has 0 aliphatic carbocycles. The number of amides is 2. The van der Waals surface area contributed by atoms with Crippen LogP contribution in [0.4, 0.5) is 0 Å². The van der Waals surface area contributed by atoms with Gasteiger partial charge in [0.15, 0.2) is 0 Å². The van der Waals surface area contributed by atoms with Crippen molar-refractivity contribution in [3.05, 3.63) is 33.8 Å². The van der Waals surface area contributed by atoms with E-state index in [2.05, 4.69) is 15.9 Å². The number of rotatable bonds is 2. The molecule has 1 saturated heterocycles. The minimum Gasteiger partial charge on any atom is -0.341 e. The summed E-state index contributed by atoms with van der Waals surface area (Å²) in [6, 6.07) is 5.69. The molecule has 0 bridgehead atoms. The van der Waals surface area contributed by atoms with E-state index in [0.717, 1.165) is 28.6 Å². The average molecular weight is 353 g/mol. The van der Waals surface area contributed by atoms with Crippen molar-refractivity contribution in [1.82, 2.24) is 9.80 Å². The van der Waals surface area contributed by atoms with Gasteiger partial charge < -0.3 is 9.80 Å². The number of benzene rings is 1. The summed E-state index contributed by atoms with van der Waals surface area (Å²) in [7, 11) is 0. The van der Waals surface area contributed by atoms with Gasteiger partial charge in [-0.25, -0.2) is 0 Å². The van der Waals surface area contributed by atoms with Crippen molar-refractivity contribution in [2.45, 2.75) is 26.7 Å². The first kappa shape index (κ1) is 16.0. The molecule has 2 amide bonds. The van der Waals surface area contributed by atoms with E-state index in [9.17, 15) is 9.59 Å². The first-order valence-corrected chi connectivity index (χ1v) is 8.16. The Morgan fingerprint density at radius 3 is 2.52 bits per heavy atom. The summed E-state index contributed by atoms with van der Waals surface area (Å²) in [4.78, 5) is 28.2. The van der Waals surface area contributed by atoms with Gasteiger partial charge in [0.05, 0.1) is 0 Å². The number of carbonyl (C=O) groups excluding carboxylic acids is 2. The van der Waals surface area contributed by atoms with E-state index in [1.54, 1.807) is 0 Å². The quantitative estimate of drug-likeness (QED) is 0.820. The van der Waals surface area contributed by atoms with Crippen LogP contribution in [0.2, 0.25) is 0 Å². The number of carbonyl (C=O) groups is 2. The SMILES string of the molecule is CCC(=O)N1CCCN(C(=O)c2cccc(Br)c2C)CC1. The van der Waals surface area contributed by atoms with Crippen LogP contribution in [0, 0.1) is 6.92 Å². The summed E-state index contributed by atoms with van der Waals surface area (Å²) in [5.41, 5.74) is 1.70. The maximum Gasteiger partial charge on any atom is 0.254 e. The molecule has 1 heterocycles. The second-order valence-electron chi connectivity index (χ2n) is 5.29. The molecule has 0 radical (unpaired) electrons. The van der Waals surface area contributed by atoms with Crippen LogP contribution >= 0.6 is 15.9 Å². The summed E-state index contributed by atoms with van der Waals surface area (Å²) in [5, 5.41) is 0. The highest BCUT2D eigenvalue weighted by atomic mass is 79.9. The predicted octanol–water partition coefficient (Wildman–Crippen LogP) is 2.84. The fourth-order valence-electron chi connectivity index (χ4n) is 2.60. The maximum atomic E-state index is 12.7. The first-order valence-electron chi connectivity index (χ1n) is 7.36. The van der Waals surface area contributed by atoms with Crippen LogP contribution < -0.4 is 0 Å². The van der Waals surface area contributed by atoms with Crippen molar-refractivity contribution in [1.29, 1.82) is 0 Å². The van der Waals surface area contributed by atoms with Crippen LogP contribution in [0.15, 0.2) is 22.7 Å². The van der Waals surface area contributed by atoms with E-state index in [-0.39, 0.29) is 11.8 Å². The fraction of sp³-hybridized carbons (Fsp3) is 0.500. The molecule has 1 aromatic rings. The van der Waals surface area contributed by atoms with Gasteiger partial charge in [-0.1, -0.05) is 28.9 Å². The van der Waals surface area contributed by atoms with Gasteiger partial charge in [0.25, 0.3) is 5.91 Å². The molecule has 2 rings (SSSR count). The minimum absolute atomic E-state index is 0.0552. The van der Waals surface area contributed by atoms with Crippen LogP contribution in [0.25, 0.3) is 0 Å². The lowest BCUT2D eigenvalue weighted by Gasteiger charge is -2.22.